The van der Waals surface area contributed by atoms with Crippen LogP contribution in [0.4, 0.5) is 41.2 Å². The fraction of sp³-hybridized carbons (Fsp3) is 0.304. The van der Waals surface area contributed by atoms with Gasteiger partial charge < -0.3 is 9.80 Å². The van der Waals surface area contributed by atoms with Crippen molar-refractivity contribution < 1.29 is 45.1 Å². The molecule has 0 aliphatic carbocycles. The van der Waals surface area contributed by atoms with Gasteiger partial charge in [0.05, 0.1) is 40.5 Å². The minimum atomic E-state index is -5.05. The Morgan fingerprint density at radius 3 is 2.27 bits per heavy atom. The lowest BCUT2D eigenvalue weighted by Gasteiger charge is -2.35. The largest absolute Gasteiger partial charge is 0.419 e. The maximum Gasteiger partial charge on any atom is 0.419 e. The van der Waals surface area contributed by atoms with Gasteiger partial charge in [0, 0.05) is 12.1 Å². The molecule has 3 aliphatic heterocycles. The highest BCUT2D eigenvalue weighted by molar-refractivity contribution is 6.22. The fourth-order valence-electron chi connectivity index (χ4n) is 5.17. The summed E-state index contributed by atoms with van der Waals surface area (Å²) in [5.74, 6) is -3.39. The first-order valence-electron chi connectivity index (χ1n) is 10.7. The van der Waals surface area contributed by atoms with Gasteiger partial charge in [-0.3, -0.25) is 9.59 Å². The van der Waals surface area contributed by atoms with Crippen molar-refractivity contribution in [2.24, 2.45) is 0 Å². The Kier molecular flexibility index (Phi) is 5.26. The molecule has 3 aliphatic rings. The van der Waals surface area contributed by atoms with Crippen molar-refractivity contribution in [3.8, 4) is 6.07 Å². The Hall–Kier alpha value is -4.15. The molecule has 3 heterocycles. The summed E-state index contributed by atoms with van der Waals surface area (Å²) in [7, 11) is 0. The molecule has 14 heteroatoms. The first-order valence-corrected chi connectivity index (χ1v) is 10.7. The number of alkyl halides is 6. The van der Waals surface area contributed by atoms with E-state index in [2.05, 4.69) is 0 Å². The van der Waals surface area contributed by atoms with Crippen molar-refractivity contribution in [1.29, 1.82) is 5.26 Å². The zero-order chi connectivity index (χ0) is 27.0. The van der Waals surface area contributed by atoms with Crippen molar-refractivity contribution in [3.05, 3.63) is 64.5 Å². The molecule has 0 saturated carbocycles. The van der Waals surface area contributed by atoms with Gasteiger partial charge in [0.2, 0.25) is 0 Å². The maximum atomic E-state index is 13.7. The van der Waals surface area contributed by atoms with Crippen molar-refractivity contribution in [2.75, 3.05) is 11.4 Å². The van der Waals surface area contributed by atoms with Gasteiger partial charge >= 0.3 is 18.4 Å². The van der Waals surface area contributed by atoms with E-state index in [9.17, 15) is 45.1 Å². The second-order valence-corrected chi connectivity index (χ2v) is 8.75. The van der Waals surface area contributed by atoms with Crippen LogP contribution in [0.2, 0.25) is 0 Å². The van der Waals surface area contributed by atoms with Crippen LogP contribution in [0.3, 0.4) is 0 Å². The lowest BCUT2D eigenvalue weighted by molar-refractivity contribution is -0.140. The van der Waals surface area contributed by atoms with E-state index in [4.69, 9.17) is 5.26 Å². The van der Waals surface area contributed by atoms with Crippen molar-refractivity contribution in [1.82, 2.24) is 9.80 Å². The van der Waals surface area contributed by atoms with E-state index >= 15 is 0 Å². The van der Waals surface area contributed by atoms with Gasteiger partial charge in [-0.15, -0.1) is 0 Å². The number of fused-ring (bicyclic) bond motifs is 5. The first kappa shape index (κ1) is 24.5. The highest BCUT2D eigenvalue weighted by atomic mass is 19.4. The van der Waals surface area contributed by atoms with E-state index in [0.29, 0.717) is 23.1 Å². The highest BCUT2D eigenvalue weighted by Crippen LogP contribution is 2.44. The predicted molar refractivity (Wildman–Crippen MR) is 109 cm³/mol. The van der Waals surface area contributed by atoms with Gasteiger partial charge in [0.15, 0.2) is 0 Å². The number of halogens is 7. The van der Waals surface area contributed by atoms with Gasteiger partial charge in [-0.05, 0) is 42.8 Å². The number of benzene rings is 2. The Balaban J connectivity index is 1.45. The van der Waals surface area contributed by atoms with Crippen molar-refractivity contribution >= 4 is 23.5 Å². The molecule has 0 aromatic heterocycles. The number of carbonyl (C=O) groups is 3. The molecule has 37 heavy (non-hydrogen) atoms. The summed E-state index contributed by atoms with van der Waals surface area (Å²) in [6.07, 6.45) is -9.85. The molecular formula is C23H13F7N4O3. The van der Waals surface area contributed by atoms with Crippen molar-refractivity contribution in [3.63, 3.8) is 0 Å². The summed E-state index contributed by atoms with van der Waals surface area (Å²) in [6.45, 7) is -0.132. The zero-order valence-corrected chi connectivity index (χ0v) is 18.3. The van der Waals surface area contributed by atoms with Gasteiger partial charge in [0.25, 0.3) is 11.8 Å². The molecule has 7 nitrogen and oxygen atoms in total. The van der Waals surface area contributed by atoms with Crippen LogP contribution >= 0.6 is 0 Å². The average molecular weight is 526 g/mol. The van der Waals surface area contributed by atoms with Crippen LogP contribution in [0, 0.1) is 17.1 Å². The van der Waals surface area contributed by atoms with E-state index in [1.54, 1.807) is 0 Å². The van der Waals surface area contributed by atoms with E-state index in [1.807, 2.05) is 0 Å². The number of urea groups is 1. The summed E-state index contributed by atoms with van der Waals surface area (Å²) < 4.78 is 93.1. The normalized spacial score (nSPS) is 23.1. The second kappa shape index (κ2) is 7.92. The van der Waals surface area contributed by atoms with Gasteiger partial charge in [-0.25, -0.2) is 14.1 Å². The Morgan fingerprint density at radius 2 is 1.65 bits per heavy atom. The molecular weight excluding hydrogens is 513 g/mol. The van der Waals surface area contributed by atoms with E-state index in [0.717, 1.165) is 28.0 Å². The van der Waals surface area contributed by atoms with Crippen LogP contribution in [0.25, 0.3) is 0 Å². The van der Waals surface area contributed by atoms with E-state index < -0.39 is 82.1 Å². The molecule has 3 fully saturated rings. The molecule has 0 radical (unpaired) electrons. The SMILES string of the molecule is N#Cc1ccc(N2C(=O)C3C4CC(CN4C(=O)c4ccc(F)c(C(F)(F)F)c4)N3C2=O)cc1C(F)(F)F. The summed E-state index contributed by atoms with van der Waals surface area (Å²) in [4.78, 5) is 42.1. The number of carbonyl (C=O) groups excluding carboxylic acids is 3. The van der Waals surface area contributed by atoms with Gasteiger partial charge in [-0.1, -0.05) is 0 Å². The number of hydrogen-bond donors (Lipinski definition) is 0. The molecule has 0 N–H and O–H groups in total. The average Bonchev–Trinajstić information content (AvgIpc) is 3.48. The minimum absolute atomic E-state index is 0.132. The molecule has 2 aromatic rings. The summed E-state index contributed by atoms with van der Waals surface area (Å²) >= 11 is 0. The third kappa shape index (κ3) is 3.68. The standard InChI is InChI=1S/C23H13F7N4O3/c24-16-4-2-10(5-15(16)23(28,29)30)19(35)32-9-13-7-17(32)18-20(36)34(21(37)33(13)18)12-3-1-11(8-31)14(6-12)22(25,26)27/h1-6,13,17-18H,7,9H2. The number of amides is 4. The van der Waals surface area contributed by atoms with Crippen LogP contribution in [0.15, 0.2) is 36.4 Å². The molecule has 3 unspecified atom stereocenters. The molecule has 4 amide bonds. The molecule has 192 valence electrons. The van der Waals surface area contributed by atoms with Crippen LogP contribution < -0.4 is 4.90 Å². The number of anilines is 1. The molecule has 0 spiro atoms. The molecule has 3 atom stereocenters. The van der Waals surface area contributed by atoms with Gasteiger partial charge in [0.1, 0.15) is 11.9 Å². The van der Waals surface area contributed by atoms with Crippen LogP contribution in [-0.2, 0) is 17.1 Å². The monoisotopic (exact) mass is 526 g/mol. The number of piperazine rings is 1. The lowest BCUT2D eigenvalue weighted by atomic mass is 10.0. The molecule has 2 aromatic carbocycles. The second-order valence-electron chi connectivity index (χ2n) is 8.75. The van der Waals surface area contributed by atoms with E-state index in [1.165, 1.54) is 6.07 Å². The quantitative estimate of drug-likeness (QED) is 0.435. The number of imide groups is 1. The number of rotatable bonds is 2. The van der Waals surface area contributed by atoms with E-state index in [-0.39, 0.29) is 13.0 Å². The third-order valence-electron chi connectivity index (χ3n) is 6.73. The number of hydrogen-bond acceptors (Lipinski definition) is 4. The Labute approximate surface area is 203 Å². The van der Waals surface area contributed by atoms with Crippen LogP contribution in [0.5, 0.6) is 0 Å². The van der Waals surface area contributed by atoms with Crippen LogP contribution in [-0.4, -0.2) is 52.3 Å². The predicted octanol–water partition coefficient (Wildman–Crippen LogP) is 4.17. The Morgan fingerprint density at radius 1 is 0.973 bits per heavy atom. The smallest absolute Gasteiger partial charge is 0.331 e. The van der Waals surface area contributed by atoms with Crippen molar-refractivity contribution in [2.45, 2.75) is 36.9 Å². The Bertz CT molecular complexity index is 1400. The van der Waals surface area contributed by atoms with Crippen LogP contribution in [0.1, 0.15) is 33.5 Å². The number of likely N-dealkylation sites (tertiary alicyclic amines) is 1. The lowest BCUT2D eigenvalue weighted by Crippen LogP contribution is -2.54. The summed E-state index contributed by atoms with van der Waals surface area (Å²) in [5.41, 5.74) is -4.56. The molecule has 5 rings (SSSR count). The topological polar surface area (TPSA) is 84.7 Å². The molecule has 2 bridgehead atoms. The van der Waals surface area contributed by atoms with Gasteiger partial charge in [-0.2, -0.15) is 31.6 Å². The fourth-order valence-corrected chi connectivity index (χ4v) is 5.17. The summed E-state index contributed by atoms with van der Waals surface area (Å²) in [6, 6.07) is 1.69. The zero-order valence-electron chi connectivity index (χ0n) is 18.3. The number of nitriles is 1. The highest BCUT2D eigenvalue weighted by Gasteiger charge is 2.63. The maximum absolute atomic E-state index is 13.7. The number of nitrogens with zero attached hydrogens (tertiary/aromatic N) is 4. The first-order chi connectivity index (χ1) is 17.2. The molecule has 3 saturated heterocycles. The third-order valence-corrected chi connectivity index (χ3v) is 6.73. The summed E-state index contributed by atoms with van der Waals surface area (Å²) in [5, 5.41) is 8.98. The minimum Gasteiger partial charge on any atom is -0.331 e.